The van der Waals surface area contributed by atoms with E-state index >= 15 is 0 Å². The van der Waals surface area contributed by atoms with Gasteiger partial charge in [0.25, 0.3) is 6.47 Å². The van der Waals surface area contributed by atoms with Gasteiger partial charge in [0.05, 0.1) is 6.61 Å². The Hall–Kier alpha value is -1.06. The van der Waals surface area contributed by atoms with Gasteiger partial charge in [-0.25, -0.2) is 4.79 Å². The van der Waals surface area contributed by atoms with Gasteiger partial charge >= 0.3 is 5.97 Å². The zero-order chi connectivity index (χ0) is 11.7. The minimum absolute atomic E-state index is 0.262. The molecule has 88 valence electrons. The van der Waals surface area contributed by atoms with E-state index in [1.54, 1.807) is 0 Å². The summed E-state index contributed by atoms with van der Waals surface area (Å²) in [7, 11) is 0. The molecule has 4 nitrogen and oxygen atoms in total. The van der Waals surface area contributed by atoms with Gasteiger partial charge in [0.15, 0.2) is 0 Å². The standard InChI is InChI=1S/C11H20O4/c1-4-5-6-7-8-14-10(13)11(2,3)15-9-12/h9H,4-8H2,1-3H3. The van der Waals surface area contributed by atoms with Crippen LogP contribution in [-0.4, -0.2) is 24.6 Å². The Labute approximate surface area is 90.9 Å². The Balaban J connectivity index is 3.68. The van der Waals surface area contributed by atoms with Crippen LogP contribution in [-0.2, 0) is 19.1 Å². The lowest BCUT2D eigenvalue weighted by atomic mass is 10.1. The molecular weight excluding hydrogens is 196 g/mol. The van der Waals surface area contributed by atoms with E-state index in [2.05, 4.69) is 11.7 Å². The minimum atomic E-state index is -1.17. The van der Waals surface area contributed by atoms with Crippen molar-refractivity contribution in [2.45, 2.75) is 52.1 Å². The largest absolute Gasteiger partial charge is 0.463 e. The van der Waals surface area contributed by atoms with Crippen molar-refractivity contribution < 1.29 is 19.1 Å². The van der Waals surface area contributed by atoms with Crippen LogP contribution >= 0.6 is 0 Å². The van der Waals surface area contributed by atoms with Crippen molar-refractivity contribution in [3.8, 4) is 0 Å². The highest BCUT2D eigenvalue weighted by atomic mass is 16.6. The monoisotopic (exact) mass is 216 g/mol. The van der Waals surface area contributed by atoms with E-state index in [4.69, 9.17) is 4.74 Å². The van der Waals surface area contributed by atoms with Crippen LogP contribution in [0.1, 0.15) is 46.5 Å². The molecule has 0 heterocycles. The summed E-state index contributed by atoms with van der Waals surface area (Å²) in [4.78, 5) is 21.5. The average Bonchev–Trinajstić information content (AvgIpc) is 2.17. The van der Waals surface area contributed by atoms with Crippen molar-refractivity contribution in [1.29, 1.82) is 0 Å². The third kappa shape index (κ3) is 6.10. The Morgan fingerprint density at radius 2 is 1.93 bits per heavy atom. The topological polar surface area (TPSA) is 52.6 Å². The van der Waals surface area contributed by atoms with Gasteiger partial charge in [-0.1, -0.05) is 26.2 Å². The molecule has 0 aromatic rings. The lowest BCUT2D eigenvalue weighted by molar-refractivity contribution is -0.171. The Kier molecular flexibility index (Phi) is 6.75. The molecule has 0 spiro atoms. The molecule has 4 heteroatoms. The number of ether oxygens (including phenoxy) is 2. The van der Waals surface area contributed by atoms with Crippen molar-refractivity contribution in [1.82, 2.24) is 0 Å². The fraction of sp³-hybridized carbons (Fsp3) is 0.818. The molecule has 0 saturated heterocycles. The highest BCUT2D eigenvalue weighted by Crippen LogP contribution is 2.10. The van der Waals surface area contributed by atoms with E-state index in [-0.39, 0.29) is 6.47 Å². The maximum absolute atomic E-state index is 11.4. The zero-order valence-corrected chi connectivity index (χ0v) is 9.75. The van der Waals surface area contributed by atoms with Crippen molar-refractivity contribution in [2.24, 2.45) is 0 Å². The number of esters is 1. The van der Waals surface area contributed by atoms with E-state index in [1.165, 1.54) is 13.8 Å². The van der Waals surface area contributed by atoms with Gasteiger partial charge < -0.3 is 9.47 Å². The van der Waals surface area contributed by atoms with Gasteiger partial charge in [0.1, 0.15) is 0 Å². The van der Waals surface area contributed by atoms with Gasteiger partial charge in [-0.3, -0.25) is 4.79 Å². The predicted molar refractivity (Wildman–Crippen MR) is 56.3 cm³/mol. The first-order chi connectivity index (χ1) is 7.04. The van der Waals surface area contributed by atoms with Crippen molar-refractivity contribution in [2.75, 3.05) is 6.61 Å². The second-order valence-corrected chi connectivity index (χ2v) is 3.92. The molecule has 0 saturated carbocycles. The molecule has 0 unspecified atom stereocenters. The summed E-state index contributed by atoms with van der Waals surface area (Å²) in [5, 5.41) is 0. The summed E-state index contributed by atoms with van der Waals surface area (Å²) >= 11 is 0. The van der Waals surface area contributed by atoms with Crippen LogP contribution in [0.5, 0.6) is 0 Å². The number of hydrogen-bond donors (Lipinski definition) is 0. The van der Waals surface area contributed by atoms with Gasteiger partial charge in [0.2, 0.25) is 5.60 Å². The number of unbranched alkanes of at least 4 members (excludes halogenated alkanes) is 3. The first kappa shape index (κ1) is 13.9. The summed E-state index contributed by atoms with van der Waals surface area (Å²) in [6, 6.07) is 0. The van der Waals surface area contributed by atoms with Crippen LogP contribution in [0.15, 0.2) is 0 Å². The average molecular weight is 216 g/mol. The lowest BCUT2D eigenvalue weighted by Gasteiger charge is -2.20. The van der Waals surface area contributed by atoms with Crippen LogP contribution < -0.4 is 0 Å². The van der Waals surface area contributed by atoms with Crippen molar-refractivity contribution in [3.63, 3.8) is 0 Å². The maximum Gasteiger partial charge on any atom is 0.349 e. The molecule has 0 amide bonds. The van der Waals surface area contributed by atoms with Crippen LogP contribution in [0.3, 0.4) is 0 Å². The third-order valence-corrected chi connectivity index (χ3v) is 2.07. The maximum atomic E-state index is 11.4. The predicted octanol–water partition coefficient (Wildman–Crippen LogP) is 2.06. The molecule has 15 heavy (non-hydrogen) atoms. The number of hydrogen-bond acceptors (Lipinski definition) is 4. The zero-order valence-electron chi connectivity index (χ0n) is 9.75. The minimum Gasteiger partial charge on any atom is -0.463 e. The van der Waals surface area contributed by atoms with Gasteiger partial charge in [-0.05, 0) is 20.3 Å². The number of rotatable bonds is 8. The highest BCUT2D eigenvalue weighted by molar-refractivity contribution is 5.79. The number of carbonyl (C=O) groups excluding carboxylic acids is 2. The Morgan fingerprint density at radius 3 is 2.47 bits per heavy atom. The molecular formula is C11H20O4. The van der Waals surface area contributed by atoms with Crippen LogP contribution in [0.25, 0.3) is 0 Å². The summed E-state index contributed by atoms with van der Waals surface area (Å²) in [6.07, 6.45) is 4.20. The number of carbonyl (C=O) groups is 2. The normalized spacial score (nSPS) is 10.9. The molecule has 0 aliphatic rings. The van der Waals surface area contributed by atoms with E-state index in [9.17, 15) is 9.59 Å². The molecule has 0 fully saturated rings. The van der Waals surface area contributed by atoms with Crippen LogP contribution in [0.2, 0.25) is 0 Å². The third-order valence-electron chi connectivity index (χ3n) is 2.07. The fourth-order valence-corrected chi connectivity index (χ4v) is 1.04. The second-order valence-electron chi connectivity index (χ2n) is 3.92. The molecule has 0 atom stereocenters. The van der Waals surface area contributed by atoms with E-state index < -0.39 is 11.6 Å². The molecule has 0 aromatic heterocycles. The summed E-state index contributed by atoms with van der Waals surface area (Å²) in [5.41, 5.74) is -1.17. The summed E-state index contributed by atoms with van der Waals surface area (Å²) < 4.78 is 9.60. The highest BCUT2D eigenvalue weighted by Gasteiger charge is 2.30. The molecule has 0 N–H and O–H groups in total. The molecule has 0 aliphatic heterocycles. The first-order valence-corrected chi connectivity index (χ1v) is 5.33. The second kappa shape index (κ2) is 7.26. The fourth-order valence-electron chi connectivity index (χ4n) is 1.04. The summed E-state index contributed by atoms with van der Waals surface area (Å²) in [5.74, 6) is -0.494. The molecule has 0 aliphatic carbocycles. The van der Waals surface area contributed by atoms with Crippen molar-refractivity contribution >= 4 is 12.4 Å². The van der Waals surface area contributed by atoms with Crippen molar-refractivity contribution in [3.05, 3.63) is 0 Å². The first-order valence-electron chi connectivity index (χ1n) is 5.33. The molecule has 0 aromatic carbocycles. The summed E-state index contributed by atoms with van der Waals surface area (Å²) in [6.45, 7) is 5.79. The van der Waals surface area contributed by atoms with Gasteiger partial charge in [0, 0.05) is 0 Å². The van der Waals surface area contributed by atoms with E-state index in [0.29, 0.717) is 6.61 Å². The van der Waals surface area contributed by atoms with Gasteiger partial charge in [-0.15, -0.1) is 0 Å². The smallest absolute Gasteiger partial charge is 0.349 e. The Bertz CT molecular complexity index is 199. The lowest BCUT2D eigenvalue weighted by Crippen LogP contribution is -2.36. The Morgan fingerprint density at radius 1 is 1.27 bits per heavy atom. The van der Waals surface area contributed by atoms with E-state index in [0.717, 1.165) is 25.7 Å². The molecule has 0 bridgehead atoms. The van der Waals surface area contributed by atoms with Crippen LogP contribution in [0, 0.1) is 0 Å². The van der Waals surface area contributed by atoms with Gasteiger partial charge in [-0.2, -0.15) is 0 Å². The SMILES string of the molecule is CCCCCCOC(=O)C(C)(C)OC=O. The molecule has 0 rings (SSSR count). The van der Waals surface area contributed by atoms with Crippen LogP contribution in [0.4, 0.5) is 0 Å². The molecule has 0 radical (unpaired) electrons. The quantitative estimate of drug-likeness (QED) is 0.354. The van der Waals surface area contributed by atoms with E-state index in [1.807, 2.05) is 0 Å².